The van der Waals surface area contributed by atoms with Gasteiger partial charge < -0.3 is 5.11 Å². The highest BCUT2D eigenvalue weighted by Crippen LogP contribution is 2.29. The number of aliphatic hydroxyl groups is 1. The lowest BCUT2D eigenvalue weighted by molar-refractivity contribution is 0.504. The van der Waals surface area contributed by atoms with Gasteiger partial charge in [0, 0.05) is 5.56 Å². The van der Waals surface area contributed by atoms with Crippen LogP contribution in [0.5, 0.6) is 0 Å². The fourth-order valence-electron chi connectivity index (χ4n) is 0.958. The first-order valence-corrected chi connectivity index (χ1v) is 5.47. The summed E-state index contributed by atoms with van der Waals surface area (Å²) in [6.07, 6.45) is 1.07. The highest BCUT2D eigenvalue weighted by molar-refractivity contribution is 7.91. The monoisotopic (exact) mass is 203 g/mol. The van der Waals surface area contributed by atoms with Crippen molar-refractivity contribution in [2.75, 3.05) is 0 Å². The molecular formula is C6H5NO3S2. The lowest BCUT2D eigenvalue weighted by Gasteiger charge is -2.10. The molecule has 64 valence electrons. The number of fused-ring (bicyclic) bond motifs is 1. The molecule has 0 saturated heterocycles. The summed E-state index contributed by atoms with van der Waals surface area (Å²) < 4.78 is 24.7. The Morgan fingerprint density at radius 3 is 2.92 bits per heavy atom. The lowest BCUT2D eigenvalue weighted by atomic mass is 10.3. The van der Waals surface area contributed by atoms with E-state index in [0.29, 0.717) is 5.56 Å². The maximum Gasteiger partial charge on any atom is 0.271 e. The van der Waals surface area contributed by atoms with Crippen LogP contribution in [-0.4, -0.2) is 13.5 Å². The van der Waals surface area contributed by atoms with Gasteiger partial charge in [-0.3, -0.25) is 4.72 Å². The molecule has 0 aliphatic carbocycles. The standard InChI is InChI=1S/C6H5NO3S2/c8-5-3-7-12(9,10)6-4(5)1-2-11-6/h1-3,7-8H. The summed E-state index contributed by atoms with van der Waals surface area (Å²) in [4.78, 5) is 0. The molecule has 4 nitrogen and oxygen atoms in total. The van der Waals surface area contributed by atoms with Crippen molar-refractivity contribution in [3.8, 4) is 0 Å². The molecular weight excluding hydrogens is 198 g/mol. The molecule has 0 amide bonds. The average molecular weight is 203 g/mol. The number of nitrogens with one attached hydrogen (secondary N) is 1. The van der Waals surface area contributed by atoms with Crippen molar-refractivity contribution in [3.63, 3.8) is 0 Å². The molecule has 1 aliphatic heterocycles. The molecule has 0 bridgehead atoms. The SMILES string of the molecule is O=S1(=O)NC=C(O)c2ccsc21. The van der Waals surface area contributed by atoms with Gasteiger partial charge in [-0.2, -0.15) is 0 Å². The number of hydrogen-bond donors (Lipinski definition) is 2. The third-order valence-corrected chi connectivity index (χ3v) is 4.29. The molecule has 0 fully saturated rings. The maximum absolute atomic E-state index is 11.2. The van der Waals surface area contributed by atoms with E-state index >= 15 is 0 Å². The summed E-state index contributed by atoms with van der Waals surface area (Å²) in [6, 6.07) is 1.57. The van der Waals surface area contributed by atoms with Crippen molar-refractivity contribution in [1.29, 1.82) is 0 Å². The Labute approximate surface area is 73.2 Å². The van der Waals surface area contributed by atoms with Crippen molar-refractivity contribution in [1.82, 2.24) is 4.72 Å². The number of sulfonamides is 1. The van der Waals surface area contributed by atoms with Crippen LogP contribution in [0.3, 0.4) is 0 Å². The Kier molecular flexibility index (Phi) is 1.42. The topological polar surface area (TPSA) is 66.4 Å². The third-order valence-electron chi connectivity index (χ3n) is 1.50. The van der Waals surface area contributed by atoms with Gasteiger partial charge in [-0.1, -0.05) is 0 Å². The minimum absolute atomic E-state index is 0.0407. The van der Waals surface area contributed by atoms with E-state index < -0.39 is 10.0 Å². The van der Waals surface area contributed by atoms with E-state index in [1.54, 1.807) is 11.4 Å². The van der Waals surface area contributed by atoms with Crippen LogP contribution in [0.25, 0.3) is 5.76 Å². The predicted octanol–water partition coefficient (Wildman–Crippen LogP) is 0.896. The van der Waals surface area contributed by atoms with Gasteiger partial charge >= 0.3 is 0 Å². The number of rotatable bonds is 0. The minimum atomic E-state index is -3.40. The van der Waals surface area contributed by atoms with Crippen LogP contribution in [0.1, 0.15) is 5.56 Å². The van der Waals surface area contributed by atoms with Crippen molar-refractivity contribution in [3.05, 3.63) is 23.2 Å². The fraction of sp³-hybridized carbons (Fsp3) is 0. The molecule has 2 N–H and O–H groups in total. The first kappa shape index (κ1) is 7.63. The first-order valence-electron chi connectivity index (χ1n) is 3.10. The van der Waals surface area contributed by atoms with Crippen molar-refractivity contribution >= 4 is 27.1 Å². The molecule has 0 atom stereocenters. The second-order valence-corrected chi connectivity index (χ2v) is 5.10. The summed E-state index contributed by atoms with van der Waals surface area (Å²) >= 11 is 1.08. The molecule has 12 heavy (non-hydrogen) atoms. The maximum atomic E-state index is 11.2. The van der Waals surface area contributed by atoms with Crippen LogP contribution in [0.2, 0.25) is 0 Å². The van der Waals surface area contributed by atoms with E-state index in [1.165, 1.54) is 0 Å². The molecule has 6 heteroatoms. The van der Waals surface area contributed by atoms with Crippen LogP contribution in [-0.2, 0) is 10.0 Å². The zero-order chi connectivity index (χ0) is 8.77. The van der Waals surface area contributed by atoms with Crippen LogP contribution in [0.4, 0.5) is 0 Å². The highest BCUT2D eigenvalue weighted by Gasteiger charge is 2.25. The van der Waals surface area contributed by atoms with Crippen LogP contribution >= 0.6 is 11.3 Å². The van der Waals surface area contributed by atoms with Gasteiger partial charge in [0.2, 0.25) is 0 Å². The summed E-state index contributed by atoms with van der Waals surface area (Å²) in [5.74, 6) is -0.0407. The van der Waals surface area contributed by atoms with E-state index in [9.17, 15) is 13.5 Å². The largest absolute Gasteiger partial charge is 0.506 e. The molecule has 1 aliphatic rings. The molecule has 2 heterocycles. The zero-order valence-corrected chi connectivity index (χ0v) is 7.45. The van der Waals surface area contributed by atoms with Gasteiger partial charge in [0.25, 0.3) is 10.0 Å². The molecule has 0 saturated carbocycles. The van der Waals surface area contributed by atoms with Crippen molar-refractivity contribution in [2.45, 2.75) is 4.21 Å². The van der Waals surface area contributed by atoms with Crippen molar-refractivity contribution < 1.29 is 13.5 Å². The fourth-order valence-corrected chi connectivity index (χ4v) is 3.24. The van der Waals surface area contributed by atoms with Crippen molar-refractivity contribution in [2.24, 2.45) is 0 Å². The lowest BCUT2D eigenvalue weighted by Crippen LogP contribution is -2.21. The molecule has 0 spiro atoms. The molecule has 1 aromatic heterocycles. The normalized spacial score (nSPS) is 19.2. The van der Waals surface area contributed by atoms with Crippen LogP contribution < -0.4 is 4.72 Å². The molecule has 0 aromatic carbocycles. The summed E-state index contributed by atoms with van der Waals surface area (Å²) in [5.41, 5.74) is 0.374. The molecule has 2 rings (SSSR count). The minimum Gasteiger partial charge on any atom is -0.506 e. The van der Waals surface area contributed by atoms with Gasteiger partial charge in [0.1, 0.15) is 5.76 Å². The van der Waals surface area contributed by atoms with Crippen LogP contribution in [0.15, 0.2) is 21.9 Å². The Balaban J connectivity index is 2.77. The van der Waals surface area contributed by atoms with Gasteiger partial charge in [-0.15, -0.1) is 11.3 Å². The van der Waals surface area contributed by atoms with E-state index in [2.05, 4.69) is 4.72 Å². The quantitative estimate of drug-likeness (QED) is 0.658. The third kappa shape index (κ3) is 0.919. The Morgan fingerprint density at radius 1 is 1.50 bits per heavy atom. The number of thiophene rings is 1. The van der Waals surface area contributed by atoms with Crippen LogP contribution in [0, 0.1) is 0 Å². The van der Waals surface area contributed by atoms with Gasteiger partial charge in [-0.05, 0) is 11.4 Å². The molecule has 0 unspecified atom stereocenters. The second-order valence-electron chi connectivity index (χ2n) is 2.27. The van der Waals surface area contributed by atoms with E-state index in [0.717, 1.165) is 17.5 Å². The Morgan fingerprint density at radius 2 is 2.25 bits per heavy atom. The first-order chi connectivity index (χ1) is 5.61. The summed E-state index contributed by atoms with van der Waals surface area (Å²) in [7, 11) is -3.40. The summed E-state index contributed by atoms with van der Waals surface area (Å²) in [5, 5.41) is 10.8. The number of aliphatic hydroxyl groups excluding tert-OH is 1. The number of hydrogen-bond acceptors (Lipinski definition) is 4. The average Bonchev–Trinajstić information content (AvgIpc) is 2.46. The highest BCUT2D eigenvalue weighted by atomic mass is 32.2. The Hall–Kier alpha value is -1.01. The Bertz CT molecular complexity index is 443. The smallest absolute Gasteiger partial charge is 0.271 e. The van der Waals surface area contributed by atoms with E-state index in [1.807, 2.05) is 0 Å². The van der Waals surface area contributed by atoms with Gasteiger partial charge in [-0.25, -0.2) is 8.42 Å². The predicted molar refractivity (Wildman–Crippen MR) is 45.2 cm³/mol. The van der Waals surface area contributed by atoms with E-state index in [-0.39, 0.29) is 9.97 Å². The molecule has 1 aromatic rings. The zero-order valence-electron chi connectivity index (χ0n) is 5.81. The van der Waals surface area contributed by atoms with Gasteiger partial charge in [0.15, 0.2) is 4.21 Å². The van der Waals surface area contributed by atoms with E-state index in [4.69, 9.17) is 0 Å². The molecule has 0 radical (unpaired) electrons. The summed E-state index contributed by atoms with van der Waals surface area (Å²) in [6.45, 7) is 0. The second kappa shape index (κ2) is 2.24. The van der Waals surface area contributed by atoms with Gasteiger partial charge in [0.05, 0.1) is 6.20 Å².